The number of nitrogens with zero attached hydrogens (tertiary/aromatic N) is 5. The first-order chi connectivity index (χ1) is 12.3. The summed E-state index contributed by atoms with van der Waals surface area (Å²) in [5.41, 5.74) is 0. The smallest absolute Gasteiger partial charge is 0.191 e. The molecule has 0 bridgehead atoms. The Bertz CT molecular complexity index is 565. The minimum Gasteiger partial charge on any atom is -0.377 e. The van der Waals surface area contributed by atoms with Crippen molar-refractivity contribution in [2.75, 3.05) is 40.3 Å². The van der Waals surface area contributed by atoms with Gasteiger partial charge in [-0.15, -0.1) is 0 Å². The Morgan fingerprint density at radius 1 is 1.36 bits per heavy atom. The van der Waals surface area contributed by atoms with Gasteiger partial charge in [0.2, 0.25) is 0 Å². The lowest BCUT2D eigenvalue weighted by molar-refractivity contribution is 0.177. The van der Waals surface area contributed by atoms with Crippen LogP contribution in [0.2, 0.25) is 0 Å². The van der Waals surface area contributed by atoms with Gasteiger partial charge in [0.15, 0.2) is 11.8 Å². The Balaban J connectivity index is 1.40. The van der Waals surface area contributed by atoms with Crippen molar-refractivity contribution < 1.29 is 4.74 Å². The fraction of sp³-hybridized carbons (Fsp3) is 0.824. The molecule has 1 unspecified atom stereocenters. The first-order valence-electron chi connectivity index (χ1n) is 9.39. The standard InChI is InChI=1S/C17H31N7O/c1-18-17(19-8-5-11-23-9-3-4-10-23)20-14-6-7-16-21-15(13-25-2)22-24(16)12-14/h14H,3-13H2,1-2H3,(H2,18,19,20). The molecule has 1 aromatic rings. The fourth-order valence-corrected chi connectivity index (χ4v) is 3.57. The Morgan fingerprint density at radius 2 is 2.20 bits per heavy atom. The molecular weight excluding hydrogens is 318 g/mol. The minimum absolute atomic E-state index is 0.328. The maximum Gasteiger partial charge on any atom is 0.191 e. The van der Waals surface area contributed by atoms with Crippen molar-refractivity contribution in [1.82, 2.24) is 30.3 Å². The topological polar surface area (TPSA) is 79.6 Å². The largest absolute Gasteiger partial charge is 0.377 e. The van der Waals surface area contributed by atoms with Gasteiger partial charge in [-0.05, 0) is 45.3 Å². The van der Waals surface area contributed by atoms with Crippen LogP contribution in [0.4, 0.5) is 0 Å². The van der Waals surface area contributed by atoms with Gasteiger partial charge in [-0.3, -0.25) is 4.99 Å². The third kappa shape index (κ3) is 5.15. The summed E-state index contributed by atoms with van der Waals surface area (Å²) >= 11 is 0. The molecular formula is C17H31N7O. The average molecular weight is 349 g/mol. The zero-order valence-electron chi connectivity index (χ0n) is 15.5. The highest BCUT2D eigenvalue weighted by Crippen LogP contribution is 2.13. The molecule has 3 rings (SSSR count). The van der Waals surface area contributed by atoms with Crippen LogP contribution in [-0.2, 0) is 24.3 Å². The predicted molar refractivity (Wildman–Crippen MR) is 97.6 cm³/mol. The van der Waals surface area contributed by atoms with Crippen LogP contribution in [0.3, 0.4) is 0 Å². The lowest BCUT2D eigenvalue weighted by Gasteiger charge is -2.25. The monoisotopic (exact) mass is 349 g/mol. The van der Waals surface area contributed by atoms with E-state index in [4.69, 9.17) is 4.74 Å². The molecule has 0 spiro atoms. The number of hydrogen-bond acceptors (Lipinski definition) is 5. The second kappa shape index (κ2) is 9.15. The molecule has 0 saturated carbocycles. The average Bonchev–Trinajstić information content (AvgIpc) is 3.26. The summed E-state index contributed by atoms with van der Waals surface area (Å²) in [7, 11) is 3.50. The first kappa shape index (κ1) is 18.1. The second-order valence-corrected chi connectivity index (χ2v) is 6.84. The van der Waals surface area contributed by atoms with Crippen LogP contribution in [0, 0.1) is 0 Å². The highest BCUT2D eigenvalue weighted by molar-refractivity contribution is 5.79. The molecule has 140 valence electrons. The van der Waals surface area contributed by atoms with E-state index in [9.17, 15) is 0 Å². The molecule has 0 aliphatic carbocycles. The van der Waals surface area contributed by atoms with Crippen LogP contribution in [0.1, 0.15) is 37.3 Å². The summed E-state index contributed by atoms with van der Waals surface area (Å²) in [5.74, 6) is 2.70. The Morgan fingerprint density at radius 3 is 2.96 bits per heavy atom. The van der Waals surface area contributed by atoms with Crippen LogP contribution in [0.15, 0.2) is 4.99 Å². The zero-order valence-corrected chi connectivity index (χ0v) is 15.5. The van der Waals surface area contributed by atoms with Gasteiger partial charge in [-0.1, -0.05) is 0 Å². The second-order valence-electron chi connectivity index (χ2n) is 6.84. The SMILES string of the molecule is CN=C(NCCCN1CCCC1)NC1CCc2nc(COC)nn2C1. The van der Waals surface area contributed by atoms with Gasteiger partial charge in [-0.25, -0.2) is 9.67 Å². The first-order valence-corrected chi connectivity index (χ1v) is 9.39. The molecule has 8 nitrogen and oxygen atoms in total. The van der Waals surface area contributed by atoms with Crippen LogP contribution >= 0.6 is 0 Å². The van der Waals surface area contributed by atoms with Crippen LogP contribution in [0.25, 0.3) is 0 Å². The maximum absolute atomic E-state index is 5.12. The number of nitrogens with one attached hydrogen (secondary N) is 2. The van der Waals surface area contributed by atoms with E-state index in [0.717, 1.165) is 50.0 Å². The summed E-state index contributed by atoms with van der Waals surface area (Å²) in [6, 6.07) is 0.328. The lowest BCUT2D eigenvalue weighted by atomic mass is 10.1. The fourth-order valence-electron chi connectivity index (χ4n) is 3.57. The maximum atomic E-state index is 5.12. The predicted octanol–water partition coefficient (Wildman–Crippen LogP) is 0.390. The summed E-state index contributed by atoms with van der Waals surface area (Å²) in [6.45, 7) is 5.95. The van der Waals surface area contributed by atoms with Crippen molar-refractivity contribution in [2.24, 2.45) is 4.99 Å². The van der Waals surface area contributed by atoms with Gasteiger partial charge >= 0.3 is 0 Å². The minimum atomic E-state index is 0.328. The molecule has 2 N–H and O–H groups in total. The molecule has 3 heterocycles. The van der Waals surface area contributed by atoms with Crippen molar-refractivity contribution in [2.45, 2.75) is 51.3 Å². The van der Waals surface area contributed by atoms with Crippen molar-refractivity contribution in [3.63, 3.8) is 0 Å². The van der Waals surface area contributed by atoms with Gasteiger partial charge in [0.05, 0.1) is 6.54 Å². The molecule has 1 atom stereocenters. The Hall–Kier alpha value is -1.67. The van der Waals surface area contributed by atoms with E-state index >= 15 is 0 Å². The number of rotatable bonds is 7. The molecule has 1 fully saturated rings. The Labute approximate surface area is 150 Å². The summed E-state index contributed by atoms with van der Waals surface area (Å²) in [6.07, 6.45) is 5.84. The zero-order chi connectivity index (χ0) is 17.5. The molecule has 25 heavy (non-hydrogen) atoms. The third-order valence-electron chi connectivity index (χ3n) is 4.88. The van der Waals surface area contributed by atoms with Crippen molar-refractivity contribution in [3.8, 4) is 0 Å². The third-order valence-corrected chi connectivity index (χ3v) is 4.88. The molecule has 1 aromatic heterocycles. The van der Waals surface area contributed by atoms with Gasteiger partial charge in [0, 0.05) is 33.2 Å². The van der Waals surface area contributed by atoms with Gasteiger partial charge < -0.3 is 20.3 Å². The molecule has 2 aliphatic heterocycles. The Kier molecular flexibility index (Phi) is 6.63. The van der Waals surface area contributed by atoms with E-state index in [2.05, 4.69) is 30.6 Å². The molecule has 0 aromatic carbocycles. The normalized spacial score (nSPS) is 21.4. The van der Waals surface area contributed by atoms with Crippen LogP contribution in [0.5, 0.6) is 0 Å². The van der Waals surface area contributed by atoms with Gasteiger partial charge in [-0.2, -0.15) is 5.10 Å². The number of methoxy groups -OCH3 is 1. The number of hydrogen-bond donors (Lipinski definition) is 2. The highest BCUT2D eigenvalue weighted by atomic mass is 16.5. The van der Waals surface area contributed by atoms with Crippen molar-refractivity contribution >= 4 is 5.96 Å². The summed E-state index contributed by atoms with van der Waals surface area (Å²) < 4.78 is 7.12. The molecule has 8 heteroatoms. The van der Waals surface area contributed by atoms with Crippen LogP contribution in [-0.4, -0.2) is 72.0 Å². The summed E-state index contributed by atoms with van der Waals surface area (Å²) in [4.78, 5) is 11.4. The summed E-state index contributed by atoms with van der Waals surface area (Å²) in [5, 5.41) is 11.5. The number of fused-ring (bicyclic) bond motifs is 1. The number of aromatic nitrogens is 3. The molecule has 1 saturated heterocycles. The van der Waals surface area contributed by atoms with E-state index < -0.39 is 0 Å². The quantitative estimate of drug-likeness (QED) is 0.421. The van der Waals surface area contributed by atoms with E-state index in [1.807, 2.05) is 11.7 Å². The number of aryl methyl sites for hydroxylation is 1. The highest BCUT2D eigenvalue weighted by Gasteiger charge is 2.22. The van der Waals surface area contributed by atoms with E-state index in [-0.39, 0.29) is 0 Å². The number of aliphatic imine (C=N–C) groups is 1. The number of likely N-dealkylation sites (tertiary alicyclic amines) is 1. The van der Waals surface area contributed by atoms with Crippen molar-refractivity contribution in [1.29, 1.82) is 0 Å². The molecule has 2 aliphatic rings. The lowest BCUT2D eigenvalue weighted by Crippen LogP contribution is -2.47. The van der Waals surface area contributed by atoms with Crippen LogP contribution < -0.4 is 10.6 Å². The number of ether oxygens (including phenoxy) is 1. The van der Waals surface area contributed by atoms with Gasteiger partial charge in [0.1, 0.15) is 12.4 Å². The van der Waals surface area contributed by atoms with Crippen molar-refractivity contribution in [3.05, 3.63) is 11.6 Å². The number of guanidine groups is 1. The van der Waals surface area contributed by atoms with E-state index in [0.29, 0.717) is 12.6 Å². The molecule has 0 radical (unpaired) electrons. The molecule has 0 amide bonds. The van der Waals surface area contributed by atoms with E-state index in [1.165, 1.54) is 32.5 Å². The van der Waals surface area contributed by atoms with E-state index in [1.54, 1.807) is 7.11 Å². The van der Waals surface area contributed by atoms with Gasteiger partial charge in [0.25, 0.3) is 0 Å².